The van der Waals surface area contributed by atoms with Crippen molar-refractivity contribution in [2.75, 3.05) is 13.2 Å². The minimum Gasteiger partial charge on any atom is -0.508 e. The van der Waals surface area contributed by atoms with Crippen LogP contribution in [0.4, 0.5) is 0 Å². The van der Waals surface area contributed by atoms with Crippen LogP contribution in [0.3, 0.4) is 0 Å². The summed E-state index contributed by atoms with van der Waals surface area (Å²) < 4.78 is 11.5. The van der Waals surface area contributed by atoms with E-state index in [9.17, 15) is 10.2 Å². The van der Waals surface area contributed by atoms with E-state index >= 15 is 0 Å². The molecule has 4 nitrogen and oxygen atoms in total. The Hall–Kier alpha value is -4.96. The minimum atomic E-state index is -0.460. The van der Waals surface area contributed by atoms with Crippen LogP contribution < -0.4 is 9.47 Å². The Morgan fingerprint density at radius 3 is 1.59 bits per heavy atom. The fourth-order valence-corrected chi connectivity index (χ4v) is 6.02. The number of ether oxygens (including phenoxy) is 2. The molecule has 1 atom stereocenters. The maximum Gasteiger partial charge on any atom is 0.119 e. The van der Waals surface area contributed by atoms with Crippen LogP contribution in [0.25, 0.3) is 0 Å². The summed E-state index contributed by atoms with van der Waals surface area (Å²) in [6, 6.07) is 28.5. The quantitative estimate of drug-likeness (QED) is 0.110. The SMILES string of the molecule is C=CCOc1ccc(CCC(CC(C)(c2ccc(O)c(CC=C)c2)c2ccc(O)c(CC=C)c2)c2ccc(OCC=C)cc2)cc1. The normalized spacial score (nSPS) is 11.8. The van der Waals surface area contributed by atoms with Gasteiger partial charge in [-0.25, -0.2) is 0 Å². The second-order valence-corrected chi connectivity index (χ2v) is 11.9. The van der Waals surface area contributed by atoms with Gasteiger partial charge in [0, 0.05) is 5.41 Å². The molecule has 0 amide bonds. The molecule has 0 radical (unpaired) electrons. The molecule has 238 valence electrons. The fourth-order valence-electron chi connectivity index (χ4n) is 6.02. The van der Waals surface area contributed by atoms with E-state index in [1.54, 1.807) is 24.3 Å². The molecule has 0 saturated heterocycles. The van der Waals surface area contributed by atoms with Crippen LogP contribution in [0, 0.1) is 0 Å². The van der Waals surface area contributed by atoms with Gasteiger partial charge in [-0.1, -0.05) is 92.9 Å². The molecule has 0 heterocycles. The molecule has 0 bridgehead atoms. The van der Waals surface area contributed by atoms with Crippen molar-refractivity contribution in [3.8, 4) is 23.0 Å². The number of benzene rings is 4. The topological polar surface area (TPSA) is 58.9 Å². The molecule has 2 N–H and O–H groups in total. The van der Waals surface area contributed by atoms with Crippen molar-refractivity contribution in [2.45, 2.75) is 50.4 Å². The second-order valence-electron chi connectivity index (χ2n) is 11.9. The van der Waals surface area contributed by atoms with Gasteiger partial charge in [0.25, 0.3) is 0 Å². The molecular formula is C42H46O4. The number of rotatable bonds is 18. The summed E-state index contributed by atoms with van der Waals surface area (Å²) in [6.07, 6.45) is 10.8. The van der Waals surface area contributed by atoms with Crippen molar-refractivity contribution in [2.24, 2.45) is 0 Å². The first-order valence-electron chi connectivity index (χ1n) is 15.8. The van der Waals surface area contributed by atoms with Crippen molar-refractivity contribution >= 4 is 0 Å². The van der Waals surface area contributed by atoms with Crippen LogP contribution in [0.15, 0.2) is 136 Å². The van der Waals surface area contributed by atoms with Gasteiger partial charge in [-0.2, -0.15) is 0 Å². The monoisotopic (exact) mass is 614 g/mol. The molecule has 0 aromatic heterocycles. The molecule has 0 aliphatic carbocycles. The molecule has 0 fully saturated rings. The van der Waals surface area contributed by atoms with Crippen LogP contribution in [-0.4, -0.2) is 23.4 Å². The van der Waals surface area contributed by atoms with Crippen molar-refractivity contribution in [3.05, 3.63) is 169 Å². The van der Waals surface area contributed by atoms with Gasteiger partial charge < -0.3 is 19.7 Å². The lowest BCUT2D eigenvalue weighted by Gasteiger charge is -2.36. The van der Waals surface area contributed by atoms with Gasteiger partial charge >= 0.3 is 0 Å². The molecule has 4 aromatic rings. The summed E-state index contributed by atoms with van der Waals surface area (Å²) in [7, 11) is 0. The van der Waals surface area contributed by atoms with E-state index in [1.807, 2.05) is 48.6 Å². The first kappa shape index (κ1) is 33.9. The van der Waals surface area contributed by atoms with E-state index in [4.69, 9.17) is 9.47 Å². The van der Waals surface area contributed by atoms with E-state index in [1.165, 1.54) is 11.1 Å². The van der Waals surface area contributed by atoms with Crippen molar-refractivity contribution in [3.63, 3.8) is 0 Å². The van der Waals surface area contributed by atoms with Crippen molar-refractivity contribution in [1.82, 2.24) is 0 Å². The molecule has 4 rings (SSSR count). The van der Waals surface area contributed by atoms with E-state index in [2.05, 4.69) is 69.6 Å². The number of phenolic OH excluding ortho intramolecular Hbond substituents is 2. The predicted octanol–water partition coefficient (Wildman–Crippen LogP) is 9.80. The first-order chi connectivity index (χ1) is 22.3. The standard InChI is InChI=1S/C42H46O4/c1-6-10-33-28-36(18-24-40(33)43)42(5,37-19-25-41(44)34(29-37)11-7-2)30-35(32-16-22-39(23-17-32)46-27-9-4)15-12-31-13-20-38(21-14-31)45-26-8-3/h6-9,13-14,16-25,28-29,35,43-44H,1-4,10-12,15,26-27,30H2,5H3. The molecule has 0 aliphatic heterocycles. The smallest absolute Gasteiger partial charge is 0.119 e. The summed E-state index contributed by atoms with van der Waals surface area (Å²) in [4.78, 5) is 0. The van der Waals surface area contributed by atoms with Crippen molar-refractivity contribution < 1.29 is 19.7 Å². The van der Waals surface area contributed by atoms with Gasteiger partial charge in [-0.15, -0.1) is 13.2 Å². The Labute approximate surface area is 274 Å². The lowest BCUT2D eigenvalue weighted by atomic mass is 9.68. The summed E-state index contributed by atoms with van der Waals surface area (Å²) >= 11 is 0. The maximum absolute atomic E-state index is 10.7. The van der Waals surface area contributed by atoms with Crippen LogP contribution in [0.1, 0.15) is 59.1 Å². The molecule has 4 heteroatoms. The highest BCUT2D eigenvalue weighted by Gasteiger charge is 2.34. The lowest BCUT2D eigenvalue weighted by Crippen LogP contribution is -2.27. The Morgan fingerprint density at radius 2 is 1.13 bits per heavy atom. The Kier molecular flexibility index (Phi) is 12.1. The van der Waals surface area contributed by atoms with Crippen LogP contribution in [0.2, 0.25) is 0 Å². The zero-order valence-corrected chi connectivity index (χ0v) is 27.0. The number of aryl methyl sites for hydroxylation is 1. The maximum atomic E-state index is 10.7. The van der Waals surface area contributed by atoms with Crippen molar-refractivity contribution in [1.29, 1.82) is 0 Å². The van der Waals surface area contributed by atoms with E-state index in [0.717, 1.165) is 53.0 Å². The minimum absolute atomic E-state index is 0.170. The molecule has 1 unspecified atom stereocenters. The van der Waals surface area contributed by atoms with E-state index in [0.29, 0.717) is 26.1 Å². The highest BCUT2D eigenvalue weighted by atomic mass is 16.5. The van der Waals surface area contributed by atoms with Crippen LogP contribution in [-0.2, 0) is 24.7 Å². The number of allylic oxidation sites excluding steroid dienone is 2. The van der Waals surface area contributed by atoms with Gasteiger partial charge in [-0.05, 0) is 108 Å². The third kappa shape index (κ3) is 8.60. The van der Waals surface area contributed by atoms with Gasteiger partial charge in [0.15, 0.2) is 0 Å². The zero-order chi connectivity index (χ0) is 32.9. The summed E-state index contributed by atoms with van der Waals surface area (Å²) in [6.45, 7) is 18.5. The van der Waals surface area contributed by atoms with Crippen LogP contribution >= 0.6 is 0 Å². The molecule has 0 spiro atoms. The van der Waals surface area contributed by atoms with Gasteiger partial charge in [0.1, 0.15) is 36.2 Å². The van der Waals surface area contributed by atoms with Gasteiger partial charge in [0.2, 0.25) is 0 Å². The summed E-state index contributed by atoms with van der Waals surface area (Å²) in [5.41, 5.74) is 5.86. The van der Waals surface area contributed by atoms with Crippen LogP contribution in [0.5, 0.6) is 23.0 Å². The average molecular weight is 615 g/mol. The highest BCUT2D eigenvalue weighted by Crippen LogP contribution is 2.44. The molecule has 0 saturated carbocycles. The highest BCUT2D eigenvalue weighted by molar-refractivity contribution is 5.49. The number of phenols is 2. The van der Waals surface area contributed by atoms with Gasteiger partial charge in [0.05, 0.1) is 0 Å². The largest absolute Gasteiger partial charge is 0.508 e. The van der Waals surface area contributed by atoms with E-state index in [-0.39, 0.29) is 17.4 Å². The fraction of sp³-hybridized carbons (Fsp3) is 0.238. The average Bonchev–Trinajstić information content (AvgIpc) is 3.07. The number of hydrogen-bond acceptors (Lipinski definition) is 4. The third-order valence-electron chi connectivity index (χ3n) is 8.61. The first-order valence-corrected chi connectivity index (χ1v) is 15.8. The summed E-state index contributed by atoms with van der Waals surface area (Å²) in [5.74, 6) is 2.32. The Bertz CT molecular complexity index is 1560. The third-order valence-corrected chi connectivity index (χ3v) is 8.61. The molecule has 4 aromatic carbocycles. The molecular weight excluding hydrogens is 568 g/mol. The number of aromatic hydroxyl groups is 2. The zero-order valence-electron chi connectivity index (χ0n) is 27.0. The second kappa shape index (κ2) is 16.4. The van der Waals surface area contributed by atoms with E-state index < -0.39 is 5.41 Å². The predicted molar refractivity (Wildman–Crippen MR) is 190 cm³/mol. The Morgan fingerprint density at radius 1 is 0.652 bits per heavy atom. The lowest BCUT2D eigenvalue weighted by molar-refractivity contribution is 0.362. The molecule has 46 heavy (non-hydrogen) atoms. The van der Waals surface area contributed by atoms with Gasteiger partial charge in [-0.3, -0.25) is 0 Å². The molecule has 0 aliphatic rings. The summed E-state index contributed by atoms with van der Waals surface area (Å²) in [5, 5.41) is 21.3. The number of hydrogen-bond donors (Lipinski definition) is 2. The Balaban J connectivity index is 1.77.